The van der Waals surface area contributed by atoms with Gasteiger partial charge in [-0.2, -0.15) is 4.73 Å². The van der Waals surface area contributed by atoms with Gasteiger partial charge in [0, 0.05) is 43.0 Å². The van der Waals surface area contributed by atoms with Crippen molar-refractivity contribution in [2.45, 2.75) is 43.4 Å². The van der Waals surface area contributed by atoms with Gasteiger partial charge < -0.3 is 24.2 Å². The number of benzene rings is 2. The molecule has 4 aliphatic heterocycles. The molecule has 0 radical (unpaired) electrons. The fraction of sp³-hybridized carbons (Fsp3) is 0.395. The van der Waals surface area contributed by atoms with Gasteiger partial charge in [-0.15, -0.1) is 11.3 Å². The van der Waals surface area contributed by atoms with E-state index in [0.717, 1.165) is 42.9 Å². The van der Waals surface area contributed by atoms with Gasteiger partial charge in [0.05, 0.1) is 14.2 Å². The molecule has 2 aromatic carbocycles. The number of hydrogen-bond donors (Lipinski definition) is 0. The molecule has 13 heteroatoms. The van der Waals surface area contributed by atoms with Crippen molar-refractivity contribution in [1.82, 2.24) is 9.80 Å². The normalized spacial score (nSPS) is 21.4. The second-order valence-corrected chi connectivity index (χ2v) is 15.4. The van der Waals surface area contributed by atoms with E-state index in [1.54, 1.807) is 24.3 Å². The van der Waals surface area contributed by atoms with Gasteiger partial charge in [-0.1, -0.05) is 59.6 Å². The zero-order chi connectivity index (χ0) is 35.7. The van der Waals surface area contributed by atoms with E-state index in [1.807, 2.05) is 36.4 Å². The number of carbonyl (C=O) groups is 2. The first-order chi connectivity index (χ1) is 24.6. The Morgan fingerprint density at radius 3 is 2.33 bits per heavy atom. The first-order valence-electron chi connectivity index (χ1n) is 17.0. The molecule has 0 saturated carbocycles. The lowest BCUT2D eigenvalue weighted by molar-refractivity contribution is -0.605. The molecule has 4 fully saturated rings. The summed E-state index contributed by atoms with van der Waals surface area (Å²) >= 11 is 14.2. The van der Waals surface area contributed by atoms with Gasteiger partial charge in [0.2, 0.25) is 0 Å². The van der Waals surface area contributed by atoms with E-state index in [2.05, 4.69) is 9.80 Å². The average Bonchev–Trinajstić information content (AvgIpc) is 3.60. The number of pyridine rings is 1. The number of ether oxygens (including phenoxy) is 4. The Hall–Kier alpha value is -3.87. The van der Waals surface area contributed by atoms with E-state index < -0.39 is 17.5 Å². The van der Waals surface area contributed by atoms with Gasteiger partial charge in [-0.25, -0.2) is 4.79 Å². The zero-order valence-corrected chi connectivity index (χ0v) is 30.7. The van der Waals surface area contributed by atoms with Crippen LogP contribution in [0.1, 0.15) is 50.2 Å². The van der Waals surface area contributed by atoms with Crippen molar-refractivity contribution < 1.29 is 33.3 Å². The summed E-state index contributed by atoms with van der Waals surface area (Å²) in [6.45, 7) is 4.61. The van der Waals surface area contributed by atoms with Crippen LogP contribution >= 0.6 is 34.5 Å². The van der Waals surface area contributed by atoms with Crippen LogP contribution < -0.4 is 14.2 Å². The summed E-state index contributed by atoms with van der Waals surface area (Å²) in [5, 5.41) is 12.2. The van der Waals surface area contributed by atoms with Gasteiger partial charge in [-0.3, -0.25) is 14.6 Å². The molecule has 0 N–H and O–H groups in total. The number of carbonyl (C=O) groups excluding carboxylic acids is 2. The van der Waals surface area contributed by atoms with Gasteiger partial charge in [0.25, 0.3) is 0 Å². The number of fused-ring (bicyclic) bond motifs is 3. The van der Waals surface area contributed by atoms with E-state index >= 15 is 0 Å². The number of esters is 2. The highest BCUT2D eigenvalue weighted by Gasteiger charge is 2.53. The molecule has 2 bridgehead atoms. The lowest BCUT2D eigenvalue weighted by atomic mass is 9.73. The minimum Gasteiger partial charge on any atom is -0.619 e. The lowest BCUT2D eigenvalue weighted by Crippen LogP contribution is -2.64. The van der Waals surface area contributed by atoms with Crippen LogP contribution in [-0.4, -0.2) is 74.8 Å². The van der Waals surface area contributed by atoms with Crippen molar-refractivity contribution in [3.63, 3.8) is 0 Å². The Morgan fingerprint density at radius 1 is 0.980 bits per heavy atom. The number of nitrogens with zero attached hydrogens (tertiary/aromatic N) is 3. The largest absolute Gasteiger partial charge is 0.619 e. The van der Waals surface area contributed by atoms with Crippen LogP contribution in [0.4, 0.5) is 0 Å². The summed E-state index contributed by atoms with van der Waals surface area (Å²) < 4.78 is 23.8. The predicted molar refractivity (Wildman–Crippen MR) is 194 cm³/mol. The van der Waals surface area contributed by atoms with Crippen molar-refractivity contribution in [3.8, 4) is 11.5 Å². The summed E-state index contributed by atoms with van der Waals surface area (Å²) in [5.74, 6) is 0.753. The number of rotatable bonds is 12. The molecule has 268 valence electrons. The Bertz CT molecular complexity index is 1870. The molecule has 51 heavy (non-hydrogen) atoms. The SMILES string of the molecule is COc1ccc([C@H](Cc2c(Cl)c[n+]([O-])cc2Cl)OC(=O)c2ccc(CN3CC(C(=O)O[C@H]4CN5CCC4CC5)(c4ccccc4)C3)s2)cc1OC. The fourth-order valence-electron chi connectivity index (χ4n) is 7.48. The molecular formula is C38H39Cl2N3O7S. The lowest BCUT2D eigenvalue weighted by Gasteiger charge is -2.50. The van der Waals surface area contributed by atoms with E-state index in [9.17, 15) is 14.8 Å². The maximum atomic E-state index is 13.9. The second-order valence-electron chi connectivity index (χ2n) is 13.4. The molecule has 6 heterocycles. The Balaban J connectivity index is 1.05. The summed E-state index contributed by atoms with van der Waals surface area (Å²) in [4.78, 5) is 33.5. The number of hydrogen-bond acceptors (Lipinski definition) is 10. The summed E-state index contributed by atoms with van der Waals surface area (Å²) in [7, 11) is 3.06. The summed E-state index contributed by atoms with van der Waals surface area (Å²) in [5.41, 5.74) is 1.33. The molecule has 0 spiro atoms. The minimum absolute atomic E-state index is 0.0553. The highest BCUT2D eigenvalue weighted by atomic mass is 35.5. The topological polar surface area (TPSA) is 104 Å². The molecule has 8 rings (SSSR count). The van der Waals surface area contributed by atoms with E-state index in [1.165, 1.54) is 38.0 Å². The number of halogens is 2. The quantitative estimate of drug-likeness (QED) is 0.0946. The van der Waals surface area contributed by atoms with Gasteiger partial charge >= 0.3 is 11.9 Å². The van der Waals surface area contributed by atoms with Crippen LogP contribution in [0.3, 0.4) is 0 Å². The van der Waals surface area contributed by atoms with E-state index in [4.69, 9.17) is 42.1 Å². The smallest absolute Gasteiger partial charge is 0.348 e. The fourth-order valence-corrected chi connectivity index (χ4v) is 9.01. The average molecular weight is 753 g/mol. The molecule has 10 nitrogen and oxygen atoms in total. The first-order valence-corrected chi connectivity index (χ1v) is 18.5. The first kappa shape index (κ1) is 35.5. The Labute approximate surface area is 311 Å². The molecule has 2 atom stereocenters. The molecule has 0 amide bonds. The number of thiophene rings is 1. The second kappa shape index (κ2) is 15.0. The van der Waals surface area contributed by atoms with Crippen LogP contribution in [0.2, 0.25) is 10.0 Å². The summed E-state index contributed by atoms with van der Waals surface area (Å²) in [6.07, 6.45) is 3.82. The predicted octanol–water partition coefficient (Wildman–Crippen LogP) is 6.24. The molecular weight excluding hydrogens is 713 g/mol. The molecule has 4 aliphatic rings. The number of piperidine rings is 3. The third-order valence-electron chi connectivity index (χ3n) is 10.3. The van der Waals surface area contributed by atoms with Crippen LogP contribution in [0, 0.1) is 11.1 Å². The van der Waals surface area contributed by atoms with Gasteiger partial charge in [0.15, 0.2) is 23.9 Å². The molecule has 0 unspecified atom stereocenters. The van der Waals surface area contributed by atoms with Gasteiger partial charge in [-0.05, 0) is 67.2 Å². The number of likely N-dealkylation sites (tertiary alicyclic amines) is 1. The maximum absolute atomic E-state index is 13.9. The number of methoxy groups -OCH3 is 2. The maximum Gasteiger partial charge on any atom is 0.348 e. The van der Waals surface area contributed by atoms with Crippen molar-refractivity contribution in [1.29, 1.82) is 0 Å². The van der Waals surface area contributed by atoms with Crippen molar-refractivity contribution >= 4 is 46.5 Å². The molecule has 4 saturated heterocycles. The third-order valence-corrected chi connectivity index (χ3v) is 12.0. The van der Waals surface area contributed by atoms with Crippen molar-refractivity contribution in [2.24, 2.45) is 5.92 Å². The van der Waals surface area contributed by atoms with Crippen LogP contribution in [-0.2, 0) is 32.6 Å². The number of aromatic nitrogens is 1. The Kier molecular flexibility index (Phi) is 10.5. The molecule has 0 aliphatic carbocycles. The van der Waals surface area contributed by atoms with Crippen LogP contribution in [0.15, 0.2) is 73.1 Å². The van der Waals surface area contributed by atoms with Crippen molar-refractivity contribution in [2.75, 3.05) is 46.9 Å². The Morgan fingerprint density at radius 2 is 1.69 bits per heavy atom. The molecule has 2 aromatic heterocycles. The minimum atomic E-state index is -0.815. The van der Waals surface area contributed by atoms with Crippen molar-refractivity contribution in [3.05, 3.63) is 115 Å². The van der Waals surface area contributed by atoms with E-state index in [0.29, 0.717) is 57.8 Å². The standard InChI is InChI=1S/C38H39Cl2N3O7S/c1-47-31-10-8-25(16-33(31)48-2)32(17-28-29(39)19-43(46)20-30(28)40)49-36(44)35-11-9-27(51-35)18-42-22-38(23-42,26-6-4-3-5-7-26)37(45)50-34-21-41-14-12-24(34)13-15-41/h3-11,16,19-20,24,32,34H,12-15,17-18,21-23H2,1-2H3/t32-,34-/m0/s1. The monoisotopic (exact) mass is 751 g/mol. The third kappa shape index (κ3) is 7.41. The molecule has 4 aromatic rings. The van der Waals surface area contributed by atoms with Gasteiger partial charge in [0.1, 0.15) is 32.5 Å². The summed E-state index contributed by atoms with van der Waals surface area (Å²) in [6, 6.07) is 18.8. The highest BCUT2D eigenvalue weighted by Crippen LogP contribution is 2.40. The highest BCUT2D eigenvalue weighted by molar-refractivity contribution is 7.13. The van der Waals surface area contributed by atoms with E-state index in [-0.39, 0.29) is 28.5 Å². The zero-order valence-electron chi connectivity index (χ0n) is 28.4. The van der Waals surface area contributed by atoms with Crippen LogP contribution in [0.5, 0.6) is 11.5 Å². The van der Waals surface area contributed by atoms with Crippen LogP contribution in [0.25, 0.3) is 0 Å².